The highest BCUT2D eigenvalue weighted by molar-refractivity contribution is 7.26. The minimum atomic E-state index is -0.490. The number of rotatable bonds is 5. The molecule has 2 heterocycles. The van der Waals surface area contributed by atoms with Gasteiger partial charge in [0.25, 0.3) is 0 Å². The molecule has 12 aromatic rings. The zero-order chi connectivity index (χ0) is 41.9. The highest BCUT2D eigenvalue weighted by Gasteiger charge is 2.53. The fraction of sp³-hybridized carbons (Fsp3) is 0.0164. The lowest BCUT2D eigenvalue weighted by atomic mass is 9.70. The van der Waals surface area contributed by atoms with Gasteiger partial charge >= 0.3 is 0 Å². The molecule has 0 amide bonds. The van der Waals surface area contributed by atoms with Crippen LogP contribution in [0.15, 0.2) is 229 Å². The molecule has 1 spiro atoms. The van der Waals surface area contributed by atoms with Crippen molar-refractivity contribution in [2.75, 3.05) is 4.90 Å². The number of thiophene rings is 1. The Morgan fingerprint density at radius 3 is 1.70 bits per heavy atom. The number of anilines is 3. The van der Waals surface area contributed by atoms with Crippen molar-refractivity contribution in [1.29, 1.82) is 0 Å². The standard InChI is InChI=1S/C61H37NOS/c1-2-14-38(15-3-1)39-28-32-41(33-29-39)62(42-34-30-40(31-35-42)43-20-12-21-46-44-16-6-10-26-55(44)63-59(43)46)54-25-13-24-52-57(54)48-18-4-8-22-50(48)61(52)51-23-9-5-19-49(51)58-53(61)37-36-47-45-17-7-11-27-56(45)64-60(47)58/h1-37H. The van der Waals surface area contributed by atoms with Gasteiger partial charge in [-0.3, -0.25) is 0 Å². The van der Waals surface area contributed by atoms with Crippen LogP contribution in [0.2, 0.25) is 0 Å². The van der Waals surface area contributed by atoms with Crippen LogP contribution in [0.3, 0.4) is 0 Å². The van der Waals surface area contributed by atoms with Crippen molar-refractivity contribution in [3.8, 4) is 44.5 Å². The molecule has 0 N–H and O–H groups in total. The first-order chi connectivity index (χ1) is 31.8. The molecule has 298 valence electrons. The summed E-state index contributed by atoms with van der Waals surface area (Å²) in [5.41, 5.74) is 19.8. The van der Waals surface area contributed by atoms with Gasteiger partial charge < -0.3 is 9.32 Å². The van der Waals surface area contributed by atoms with Crippen LogP contribution in [0.5, 0.6) is 0 Å². The van der Waals surface area contributed by atoms with E-state index in [0.717, 1.165) is 50.1 Å². The lowest BCUT2D eigenvalue weighted by Gasteiger charge is -2.32. The predicted octanol–water partition coefficient (Wildman–Crippen LogP) is 17.1. The van der Waals surface area contributed by atoms with Gasteiger partial charge in [0.1, 0.15) is 11.2 Å². The highest BCUT2D eigenvalue weighted by atomic mass is 32.1. The van der Waals surface area contributed by atoms with Gasteiger partial charge in [-0.1, -0.05) is 182 Å². The maximum Gasteiger partial charge on any atom is 0.143 e. The van der Waals surface area contributed by atoms with Crippen LogP contribution in [-0.4, -0.2) is 0 Å². The maximum absolute atomic E-state index is 6.51. The topological polar surface area (TPSA) is 16.4 Å². The fourth-order valence-corrected chi connectivity index (χ4v) is 12.5. The molecule has 64 heavy (non-hydrogen) atoms. The molecule has 3 heteroatoms. The number of furan rings is 1. The highest BCUT2D eigenvalue weighted by Crippen LogP contribution is 2.66. The fourth-order valence-electron chi connectivity index (χ4n) is 11.2. The van der Waals surface area contributed by atoms with E-state index in [-0.39, 0.29) is 0 Å². The van der Waals surface area contributed by atoms with Gasteiger partial charge in [-0.2, -0.15) is 0 Å². The summed E-state index contributed by atoms with van der Waals surface area (Å²) in [6, 6.07) is 82.6. The minimum Gasteiger partial charge on any atom is -0.455 e. The normalized spacial score (nSPS) is 14.6. The maximum atomic E-state index is 6.51. The average Bonchev–Trinajstić information content (AvgIpc) is 4.10. The summed E-state index contributed by atoms with van der Waals surface area (Å²) in [7, 11) is 0. The summed E-state index contributed by atoms with van der Waals surface area (Å²) in [5, 5.41) is 4.93. The third kappa shape index (κ3) is 4.85. The molecule has 1 unspecified atom stereocenters. The SMILES string of the molecule is c1ccc(-c2ccc(N(c3ccc(-c4cccc5c4oc4ccccc45)cc3)c3cccc4c3-c3ccccc3C43c4ccccc4-c4c3ccc3c4sc4ccccc43)cc2)cc1. The van der Waals surface area contributed by atoms with E-state index in [1.54, 1.807) is 0 Å². The van der Waals surface area contributed by atoms with Crippen LogP contribution in [-0.2, 0) is 5.41 Å². The van der Waals surface area contributed by atoms with Gasteiger partial charge in [0.05, 0.1) is 11.1 Å². The van der Waals surface area contributed by atoms with Crippen LogP contribution in [0.1, 0.15) is 22.3 Å². The van der Waals surface area contributed by atoms with Crippen molar-refractivity contribution in [1.82, 2.24) is 0 Å². The van der Waals surface area contributed by atoms with Gasteiger partial charge in [-0.25, -0.2) is 0 Å². The van der Waals surface area contributed by atoms with Crippen LogP contribution in [0.25, 0.3) is 86.6 Å². The Hall–Kier alpha value is -7.98. The van der Waals surface area contributed by atoms with Crippen molar-refractivity contribution in [2.45, 2.75) is 5.41 Å². The van der Waals surface area contributed by atoms with E-state index in [2.05, 4.69) is 223 Å². The molecule has 0 bridgehead atoms. The molecule has 0 radical (unpaired) electrons. The summed E-state index contributed by atoms with van der Waals surface area (Å²) in [6.07, 6.45) is 0. The second-order valence-corrected chi connectivity index (χ2v) is 18.1. The average molecular weight is 832 g/mol. The molecule has 1 atom stereocenters. The zero-order valence-electron chi connectivity index (χ0n) is 34.6. The molecule has 2 aromatic heterocycles. The lowest BCUT2D eigenvalue weighted by Crippen LogP contribution is -2.26. The summed E-state index contributed by atoms with van der Waals surface area (Å²) < 4.78 is 9.20. The first-order valence-electron chi connectivity index (χ1n) is 22.0. The number of benzene rings is 10. The largest absolute Gasteiger partial charge is 0.455 e. The molecule has 2 aliphatic carbocycles. The third-order valence-electron chi connectivity index (χ3n) is 13.9. The van der Waals surface area contributed by atoms with E-state index < -0.39 is 5.41 Å². The monoisotopic (exact) mass is 831 g/mol. The molecule has 0 saturated heterocycles. The Labute approximate surface area is 374 Å². The van der Waals surface area contributed by atoms with E-state index in [1.807, 2.05) is 17.4 Å². The molecule has 0 aliphatic heterocycles. The van der Waals surface area contributed by atoms with Crippen LogP contribution >= 0.6 is 11.3 Å². The van der Waals surface area contributed by atoms with Gasteiger partial charge in [-0.05, 0) is 92.5 Å². The second kappa shape index (κ2) is 13.5. The number of hydrogen-bond acceptors (Lipinski definition) is 3. The zero-order valence-corrected chi connectivity index (χ0v) is 35.4. The second-order valence-electron chi connectivity index (χ2n) is 17.1. The minimum absolute atomic E-state index is 0.490. The van der Waals surface area contributed by atoms with Crippen molar-refractivity contribution in [3.63, 3.8) is 0 Å². The van der Waals surface area contributed by atoms with E-state index >= 15 is 0 Å². The predicted molar refractivity (Wildman–Crippen MR) is 268 cm³/mol. The summed E-state index contributed by atoms with van der Waals surface area (Å²) in [6.45, 7) is 0. The van der Waals surface area contributed by atoms with Gasteiger partial charge in [0.15, 0.2) is 0 Å². The lowest BCUT2D eigenvalue weighted by molar-refractivity contribution is 0.670. The molecule has 14 rings (SSSR count). The van der Waals surface area contributed by atoms with Crippen molar-refractivity contribution in [3.05, 3.63) is 247 Å². The molecule has 2 nitrogen and oxygen atoms in total. The molecule has 10 aromatic carbocycles. The Bertz CT molecular complexity index is 3840. The van der Waals surface area contributed by atoms with E-state index in [9.17, 15) is 0 Å². The number of nitrogens with zero attached hydrogens (tertiary/aromatic N) is 1. The van der Waals surface area contributed by atoms with Crippen LogP contribution < -0.4 is 4.90 Å². The molecule has 0 fully saturated rings. The van der Waals surface area contributed by atoms with Crippen molar-refractivity contribution >= 4 is 70.5 Å². The van der Waals surface area contributed by atoms with E-state index in [1.165, 1.54) is 75.8 Å². The van der Waals surface area contributed by atoms with Crippen LogP contribution in [0.4, 0.5) is 17.1 Å². The summed E-state index contributed by atoms with van der Waals surface area (Å²) in [5.74, 6) is 0. The third-order valence-corrected chi connectivity index (χ3v) is 15.1. The Kier molecular flexibility index (Phi) is 7.51. The Balaban J connectivity index is 0.998. The molecule has 2 aliphatic rings. The van der Waals surface area contributed by atoms with E-state index in [0.29, 0.717) is 0 Å². The molecular formula is C61H37NOS. The smallest absolute Gasteiger partial charge is 0.143 e. The quantitative estimate of drug-likeness (QED) is 0.172. The first-order valence-corrected chi connectivity index (χ1v) is 22.8. The first kappa shape index (κ1) is 35.6. The summed E-state index contributed by atoms with van der Waals surface area (Å²) >= 11 is 1.92. The van der Waals surface area contributed by atoms with Gasteiger partial charge in [0, 0.05) is 59.0 Å². The number of hydrogen-bond donors (Lipinski definition) is 0. The molecule has 0 saturated carbocycles. The van der Waals surface area contributed by atoms with Gasteiger partial charge in [0.2, 0.25) is 0 Å². The van der Waals surface area contributed by atoms with Gasteiger partial charge in [-0.15, -0.1) is 11.3 Å². The van der Waals surface area contributed by atoms with Crippen molar-refractivity contribution in [2.24, 2.45) is 0 Å². The van der Waals surface area contributed by atoms with E-state index in [4.69, 9.17) is 4.42 Å². The Morgan fingerprint density at radius 1 is 0.359 bits per heavy atom. The van der Waals surface area contributed by atoms with Crippen LogP contribution in [0, 0.1) is 0 Å². The number of fused-ring (bicyclic) bond motifs is 17. The summed E-state index contributed by atoms with van der Waals surface area (Å²) in [4.78, 5) is 2.46. The number of para-hydroxylation sites is 2. The molecular weight excluding hydrogens is 795 g/mol. The van der Waals surface area contributed by atoms with Crippen molar-refractivity contribution < 1.29 is 4.42 Å². The Morgan fingerprint density at radius 2 is 0.922 bits per heavy atom.